The zero-order valence-corrected chi connectivity index (χ0v) is 7.55. The van der Waals surface area contributed by atoms with E-state index in [0.717, 1.165) is 0 Å². The fourth-order valence-corrected chi connectivity index (χ4v) is 1.39. The molecule has 0 aliphatic rings. The highest BCUT2D eigenvalue weighted by Crippen LogP contribution is 2.20. The number of hydrogen-bond donors (Lipinski definition) is 3. The van der Waals surface area contributed by atoms with Crippen molar-refractivity contribution in [2.75, 3.05) is 24.7 Å². The van der Waals surface area contributed by atoms with E-state index in [2.05, 4.69) is 0 Å². The molecule has 6 nitrogen and oxygen atoms in total. The van der Waals surface area contributed by atoms with Crippen LogP contribution in [-0.4, -0.2) is 27.5 Å². The number of hydrogen-bond acceptors (Lipinski definition) is 4. The Morgan fingerprint density at radius 2 is 2.14 bits per heavy atom. The third-order valence-electron chi connectivity index (χ3n) is 1.95. The molecule has 0 radical (unpaired) electrons. The van der Waals surface area contributed by atoms with Gasteiger partial charge >= 0.3 is 0 Å². The molecular formula is C8H12N4O2. The SMILES string of the molecule is Nc1cc(N)n2ccn(OCCO)c12. The lowest BCUT2D eigenvalue weighted by molar-refractivity contribution is 0.0827. The number of nitrogens with zero attached hydrogens (tertiary/aromatic N) is 2. The fourth-order valence-electron chi connectivity index (χ4n) is 1.39. The van der Waals surface area contributed by atoms with Crippen molar-refractivity contribution in [2.24, 2.45) is 0 Å². The summed E-state index contributed by atoms with van der Waals surface area (Å²) < 4.78 is 3.20. The monoisotopic (exact) mass is 196 g/mol. The number of nitrogens with two attached hydrogens (primary N) is 2. The molecule has 0 bridgehead atoms. The van der Waals surface area contributed by atoms with Crippen molar-refractivity contribution in [1.82, 2.24) is 9.13 Å². The molecule has 0 spiro atoms. The third kappa shape index (κ3) is 1.16. The van der Waals surface area contributed by atoms with Crippen LogP contribution >= 0.6 is 0 Å². The van der Waals surface area contributed by atoms with E-state index in [-0.39, 0.29) is 13.2 Å². The summed E-state index contributed by atoms with van der Waals surface area (Å²) >= 11 is 0. The van der Waals surface area contributed by atoms with Gasteiger partial charge in [0.05, 0.1) is 18.5 Å². The largest absolute Gasteiger partial charge is 0.410 e. The van der Waals surface area contributed by atoms with Crippen LogP contribution in [0.2, 0.25) is 0 Å². The Morgan fingerprint density at radius 3 is 2.86 bits per heavy atom. The second-order valence-electron chi connectivity index (χ2n) is 2.90. The van der Waals surface area contributed by atoms with Gasteiger partial charge in [-0.05, 0) is 0 Å². The van der Waals surface area contributed by atoms with Crippen LogP contribution in [0.15, 0.2) is 18.5 Å². The molecule has 0 unspecified atom stereocenters. The Bertz CT molecular complexity index is 445. The van der Waals surface area contributed by atoms with Gasteiger partial charge in [0.15, 0.2) is 5.65 Å². The minimum Gasteiger partial charge on any atom is -0.410 e. The summed E-state index contributed by atoms with van der Waals surface area (Å²) in [6.07, 6.45) is 3.44. The molecule has 0 amide bonds. The van der Waals surface area contributed by atoms with Crippen LogP contribution in [0.1, 0.15) is 0 Å². The number of rotatable bonds is 3. The standard InChI is InChI=1S/C8H12N4O2/c9-6-5-7(10)11-1-2-12(8(6)11)14-4-3-13/h1-2,5,13H,3-4,9-10H2. The molecular weight excluding hydrogens is 184 g/mol. The highest BCUT2D eigenvalue weighted by molar-refractivity contribution is 5.72. The number of anilines is 2. The molecule has 2 aromatic heterocycles. The van der Waals surface area contributed by atoms with Crippen LogP contribution in [0, 0.1) is 0 Å². The Kier molecular flexibility index (Phi) is 1.97. The van der Waals surface area contributed by atoms with Gasteiger partial charge in [-0.1, -0.05) is 0 Å². The van der Waals surface area contributed by atoms with Gasteiger partial charge in [-0.25, -0.2) is 0 Å². The molecule has 2 heterocycles. The summed E-state index contributed by atoms with van der Waals surface area (Å²) in [4.78, 5) is 5.21. The van der Waals surface area contributed by atoms with E-state index in [1.807, 2.05) is 0 Å². The van der Waals surface area contributed by atoms with Gasteiger partial charge in [0.2, 0.25) is 0 Å². The summed E-state index contributed by atoms with van der Waals surface area (Å²) in [6.45, 7) is 0.176. The predicted molar refractivity (Wildman–Crippen MR) is 52.7 cm³/mol. The summed E-state index contributed by atoms with van der Waals surface area (Å²) in [5.74, 6) is 0.559. The highest BCUT2D eigenvalue weighted by atomic mass is 16.7. The molecule has 14 heavy (non-hydrogen) atoms. The van der Waals surface area contributed by atoms with Gasteiger partial charge < -0.3 is 21.4 Å². The molecule has 0 aromatic carbocycles. The molecule has 0 aliphatic heterocycles. The van der Waals surface area contributed by atoms with E-state index in [9.17, 15) is 0 Å². The number of nitrogen functional groups attached to an aromatic ring is 2. The summed E-state index contributed by atoms with van der Waals surface area (Å²) in [6, 6.07) is 1.66. The van der Waals surface area contributed by atoms with Crippen molar-refractivity contribution in [3.63, 3.8) is 0 Å². The smallest absolute Gasteiger partial charge is 0.177 e. The van der Waals surface area contributed by atoms with Gasteiger partial charge in [-0.2, -0.15) is 4.73 Å². The topological polar surface area (TPSA) is 90.8 Å². The van der Waals surface area contributed by atoms with Gasteiger partial charge in [-0.15, -0.1) is 0 Å². The normalized spacial score (nSPS) is 10.9. The van der Waals surface area contributed by atoms with E-state index in [1.165, 1.54) is 4.73 Å². The first kappa shape index (κ1) is 8.76. The van der Waals surface area contributed by atoms with Crippen molar-refractivity contribution in [3.05, 3.63) is 18.5 Å². The fraction of sp³-hybridized carbons (Fsp3) is 0.250. The number of fused-ring (bicyclic) bond motifs is 1. The Morgan fingerprint density at radius 1 is 1.36 bits per heavy atom. The minimum atomic E-state index is -0.0412. The maximum absolute atomic E-state index is 8.61. The van der Waals surface area contributed by atoms with Crippen molar-refractivity contribution in [2.45, 2.75) is 0 Å². The zero-order valence-electron chi connectivity index (χ0n) is 7.55. The van der Waals surface area contributed by atoms with Gasteiger partial charge in [0.25, 0.3) is 0 Å². The van der Waals surface area contributed by atoms with Crippen molar-refractivity contribution in [1.29, 1.82) is 0 Å². The Labute approximate surface area is 80.2 Å². The van der Waals surface area contributed by atoms with E-state index in [4.69, 9.17) is 21.4 Å². The average Bonchev–Trinajstić information content (AvgIpc) is 2.67. The lowest BCUT2D eigenvalue weighted by Crippen LogP contribution is -2.14. The molecule has 6 heteroatoms. The van der Waals surface area contributed by atoms with Gasteiger partial charge in [0, 0.05) is 12.3 Å². The van der Waals surface area contributed by atoms with E-state index < -0.39 is 0 Å². The summed E-state index contributed by atoms with van der Waals surface area (Å²) in [7, 11) is 0. The van der Waals surface area contributed by atoms with Crippen LogP contribution in [0.4, 0.5) is 11.5 Å². The molecule has 76 valence electrons. The molecule has 0 fully saturated rings. The number of imidazole rings is 1. The number of aliphatic hydroxyl groups is 1. The average molecular weight is 196 g/mol. The van der Waals surface area contributed by atoms with Crippen LogP contribution < -0.4 is 16.3 Å². The summed E-state index contributed by atoms with van der Waals surface area (Å²) in [5, 5.41) is 8.61. The van der Waals surface area contributed by atoms with Crippen molar-refractivity contribution < 1.29 is 9.94 Å². The number of aromatic nitrogens is 2. The van der Waals surface area contributed by atoms with E-state index >= 15 is 0 Å². The zero-order chi connectivity index (χ0) is 10.1. The highest BCUT2D eigenvalue weighted by Gasteiger charge is 2.09. The van der Waals surface area contributed by atoms with Crippen LogP contribution in [0.25, 0.3) is 5.65 Å². The van der Waals surface area contributed by atoms with E-state index in [0.29, 0.717) is 17.2 Å². The maximum Gasteiger partial charge on any atom is 0.177 e. The van der Waals surface area contributed by atoms with Crippen LogP contribution in [0.3, 0.4) is 0 Å². The Hall–Kier alpha value is -1.82. The molecule has 5 N–H and O–H groups in total. The minimum absolute atomic E-state index is 0.0412. The Balaban J connectivity index is 2.45. The quantitative estimate of drug-likeness (QED) is 0.607. The van der Waals surface area contributed by atoms with Crippen LogP contribution in [0.5, 0.6) is 0 Å². The van der Waals surface area contributed by atoms with Crippen LogP contribution in [-0.2, 0) is 0 Å². The van der Waals surface area contributed by atoms with Crippen molar-refractivity contribution >= 4 is 17.2 Å². The predicted octanol–water partition coefficient (Wildman–Crippen LogP) is -0.674. The lowest BCUT2D eigenvalue weighted by Gasteiger charge is -2.04. The third-order valence-corrected chi connectivity index (χ3v) is 1.95. The maximum atomic E-state index is 8.61. The van der Waals surface area contributed by atoms with Gasteiger partial charge in [0.1, 0.15) is 12.4 Å². The van der Waals surface area contributed by atoms with Crippen molar-refractivity contribution in [3.8, 4) is 0 Å². The first-order valence-corrected chi connectivity index (χ1v) is 4.21. The molecule has 2 rings (SSSR count). The molecule has 0 aliphatic carbocycles. The second-order valence-corrected chi connectivity index (χ2v) is 2.90. The van der Waals surface area contributed by atoms with E-state index in [1.54, 1.807) is 22.9 Å². The molecule has 0 saturated heterocycles. The molecule has 0 saturated carbocycles. The van der Waals surface area contributed by atoms with Gasteiger partial charge in [-0.3, -0.25) is 4.40 Å². The molecule has 2 aromatic rings. The molecule has 0 atom stereocenters. The second kappa shape index (κ2) is 3.15. The lowest BCUT2D eigenvalue weighted by atomic mass is 10.5. The number of aliphatic hydroxyl groups excluding tert-OH is 1. The first-order valence-electron chi connectivity index (χ1n) is 4.21. The summed E-state index contributed by atoms with van der Waals surface area (Å²) in [5.41, 5.74) is 12.6. The first-order chi connectivity index (χ1) is 6.74.